The molecular formula is C14H17N3O4. The first kappa shape index (κ1) is 13.1. The fraction of sp³-hybridized carbons (Fsp3) is 0.571. The molecule has 7 nitrogen and oxygen atoms in total. The highest BCUT2D eigenvalue weighted by atomic mass is 16.6. The van der Waals surface area contributed by atoms with Crippen molar-refractivity contribution >= 4 is 11.0 Å². The van der Waals surface area contributed by atoms with Crippen LogP contribution in [0.1, 0.15) is 30.7 Å². The summed E-state index contributed by atoms with van der Waals surface area (Å²) in [6.45, 7) is -0.337. The minimum atomic E-state index is -1.11. The number of hydrogen-bond acceptors (Lipinski definition) is 6. The maximum Gasteiger partial charge on any atom is 0.164 e. The van der Waals surface area contributed by atoms with Gasteiger partial charge in [0, 0.05) is 12.1 Å². The number of hydrogen-bond donors (Lipinski definition) is 3. The molecule has 2 aromatic rings. The van der Waals surface area contributed by atoms with Crippen molar-refractivity contribution in [3.8, 4) is 0 Å². The van der Waals surface area contributed by atoms with Gasteiger partial charge in [0.25, 0.3) is 0 Å². The van der Waals surface area contributed by atoms with Crippen molar-refractivity contribution in [2.24, 2.45) is 0 Å². The summed E-state index contributed by atoms with van der Waals surface area (Å²) < 4.78 is 7.26. The van der Waals surface area contributed by atoms with Crippen molar-refractivity contribution in [2.75, 3.05) is 6.61 Å². The van der Waals surface area contributed by atoms with Crippen molar-refractivity contribution in [3.63, 3.8) is 0 Å². The maximum absolute atomic E-state index is 10.1. The summed E-state index contributed by atoms with van der Waals surface area (Å²) in [7, 11) is 0. The summed E-state index contributed by atoms with van der Waals surface area (Å²) in [6, 6.07) is 1.82. The van der Waals surface area contributed by atoms with Crippen molar-refractivity contribution in [1.82, 2.24) is 14.5 Å². The summed E-state index contributed by atoms with van der Waals surface area (Å²) in [5.74, 6) is 0.474. The Hall–Kier alpha value is -1.54. The number of aliphatic hydroxyl groups excluding tert-OH is 3. The molecule has 1 aliphatic heterocycles. The Bertz CT molecular complexity index is 669. The van der Waals surface area contributed by atoms with Gasteiger partial charge in [-0.1, -0.05) is 0 Å². The number of aromatic nitrogens is 3. The molecule has 2 aromatic heterocycles. The van der Waals surface area contributed by atoms with Crippen molar-refractivity contribution in [3.05, 3.63) is 24.3 Å². The van der Waals surface area contributed by atoms with Crippen LogP contribution in [-0.4, -0.2) is 54.8 Å². The van der Waals surface area contributed by atoms with Gasteiger partial charge in [-0.15, -0.1) is 0 Å². The lowest BCUT2D eigenvalue weighted by molar-refractivity contribution is -0.0508. The molecule has 0 radical (unpaired) electrons. The zero-order valence-electron chi connectivity index (χ0n) is 11.3. The van der Waals surface area contributed by atoms with E-state index >= 15 is 0 Å². The predicted octanol–water partition coefficient (Wildman–Crippen LogP) is -0.0798. The highest BCUT2D eigenvalue weighted by Crippen LogP contribution is 2.42. The van der Waals surface area contributed by atoms with Gasteiger partial charge in [-0.25, -0.2) is 4.98 Å². The number of fused-ring (bicyclic) bond motifs is 1. The van der Waals surface area contributed by atoms with E-state index in [2.05, 4.69) is 9.97 Å². The lowest BCUT2D eigenvalue weighted by Crippen LogP contribution is -2.33. The Morgan fingerprint density at radius 3 is 2.71 bits per heavy atom. The lowest BCUT2D eigenvalue weighted by Gasteiger charge is -2.17. The topological polar surface area (TPSA) is 101 Å². The van der Waals surface area contributed by atoms with E-state index in [9.17, 15) is 15.3 Å². The molecule has 1 saturated carbocycles. The Morgan fingerprint density at radius 1 is 1.24 bits per heavy atom. The number of pyridine rings is 1. The summed E-state index contributed by atoms with van der Waals surface area (Å²) in [6.07, 6.45) is 1.84. The van der Waals surface area contributed by atoms with Crippen LogP contribution >= 0.6 is 0 Å². The van der Waals surface area contributed by atoms with Gasteiger partial charge in [-0.2, -0.15) is 0 Å². The molecule has 4 rings (SSSR count). The summed E-state index contributed by atoms with van der Waals surface area (Å²) in [4.78, 5) is 8.81. The highest BCUT2D eigenvalue weighted by Gasteiger charge is 2.43. The number of imidazole rings is 1. The Balaban J connectivity index is 1.76. The molecule has 112 valence electrons. The largest absolute Gasteiger partial charge is 0.394 e. The van der Waals surface area contributed by atoms with Gasteiger partial charge < -0.3 is 24.6 Å². The van der Waals surface area contributed by atoms with Crippen LogP contribution in [0.15, 0.2) is 18.6 Å². The van der Waals surface area contributed by atoms with Gasteiger partial charge in [0.15, 0.2) is 6.23 Å². The molecule has 3 heterocycles. The zero-order chi connectivity index (χ0) is 14.6. The van der Waals surface area contributed by atoms with Gasteiger partial charge in [-0.05, 0) is 18.9 Å². The minimum Gasteiger partial charge on any atom is -0.394 e. The van der Waals surface area contributed by atoms with E-state index in [1.54, 1.807) is 17.1 Å². The Labute approximate surface area is 120 Å². The second-order valence-electron chi connectivity index (χ2n) is 5.72. The third kappa shape index (κ3) is 1.96. The molecule has 0 bridgehead atoms. The van der Waals surface area contributed by atoms with Crippen LogP contribution in [0.5, 0.6) is 0 Å². The van der Waals surface area contributed by atoms with Crippen molar-refractivity contribution in [1.29, 1.82) is 0 Å². The summed E-state index contributed by atoms with van der Waals surface area (Å²) in [5, 5.41) is 29.2. The molecule has 0 aromatic carbocycles. The normalized spacial score (nSPS) is 32.9. The average Bonchev–Trinajstić information content (AvgIpc) is 3.20. The molecular weight excluding hydrogens is 274 g/mol. The van der Waals surface area contributed by atoms with Gasteiger partial charge in [0.05, 0.1) is 24.1 Å². The maximum atomic E-state index is 10.1. The van der Waals surface area contributed by atoms with Gasteiger partial charge in [0.2, 0.25) is 0 Å². The molecule has 0 amide bonds. The summed E-state index contributed by atoms with van der Waals surface area (Å²) in [5.41, 5.74) is 2.62. The number of aliphatic hydroxyl groups is 3. The second kappa shape index (κ2) is 4.74. The van der Waals surface area contributed by atoms with E-state index in [1.165, 1.54) is 0 Å². The smallest absolute Gasteiger partial charge is 0.164 e. The first-order valence-electron chi connectivity index (χ1n) is 7.14. The molecule has 21 heavy (non-hydrogen) atoms. The van der Waals surface area contributed by atoms with Gasteiger partial charge in [-0.3, -0.25) is 4.98 Å². The number of ether oxygens (including phenoxy) is 1. The van der Waals surface area contributed by atoms with Crippen LogP contribution in [0.2, 0.25) is 0 Å². The van der Waals surface area contributed by atoms with E-state index in [1.807, 2.05) is 6.07 Å². The zero-order valence-corrected chi connectivity index (χ0v) is 11.3. The molecule has 7 heteroatoms. The molecule has 1 aliphatic carbocycles. The van der Waals surface area contributed by atoms with E-state index in [0.29, 0.717) is 5.92 Å². The van der Waals surface area contributed by atoms with Gasteiger partial charge >= 0.3 is 0 Å². The Morgan fingerprint density at radius 2 is 2.05 bits per heavy atom. The number of rotatable bonds is 3. The lowest BCUT2D eigenvalue weighted by atomic mass is 10.1. The third-order valence-electron chi connectivity index (χ3n) is 4.28. The van der Waals surface area contributed by atoms with Gasteiger partial charge in [0.1, 0.15) is 23.8 Å². The monoisotopic (exact) mass is 291 g/mol. The molecule has 0 unspecified atom stereocenters. The molecule has 0 spiro atoms. The van der Waals surface area contributed by atoms with E-state index in [0.717, 1.165) is 29.6 Å². The van der Waals surface area contributed by atoms with E-state index < -0.39 is 24.5 Å². The number of nitrogens with zero attached hydrogens (tertiary/aromatic N) is 3. The Kier molecular flexibility index (Phi) is 2.97. The standard InChI is InChI=1S/C14H17N3O4/c18-5-9-12(19)13(20)14(21-9)17-6-16-11-8(17)3-4-15-10(11)7-1-2-7/h3-4,6-7,9,12-14,18-20H,1-2,5H2/t9-,12-,13-,14-/m1/s1. The predicted molar refractivity (Wildman–Crippen MR) is 72.5 cm³/mol. The first-order chi connectivity index (χ1) is 10.2. The van der Waals surface area contributed by atoms with E-state index in [-0.39, 0.29) is 6.61 Å². The molecule has 2 aliphatic rings. The van der Waals surface area contributed by atoms with Crippen LogP contribution in [0.3, 0.4) is 0 Å². The SMILES string of the molecule is OC[C@H]1O[C@@H](n2cnc3c(C4CC4)nccc32)[C@H](O)[C@@H]1O. The summed E-state index contributed by atoms with van der Waals surface area (Å²) >= 11 is 0. The molecule has 1 saturated heterocycles. The molecule has 4 atom stereocenters. The van der Waals surface area contributed by atoms with Crippen molar-refractivity contribution < 1.29 is 20.1 Å². The highest BCUT2D eigenvalue weighted by molar-refractivity contribution is 5.78. The van der Waals surface area contributed by atoms with Crippen LogP contribution in [-0.2, 0) is 4.74 Å². The van der Waals surface area contributed by atoms with Crippen LogP contribution in [0.25, 0.3) is 11.0 Å². The van der Waals surface area contributed by atoms with Crippen molar-refractivity contribution in [2.45, 2.75) is 43.3 Å². The molecule has 3 N–H and O–H groups in total. The van der Waals surface area contributed by atoms with E-state index in [4.69, 9.17) is 4.74 Å². The fourth-order valence-corrected chi connectivity index (χ4v) is 2.95. The van der Waals surface area contributed by atoms with Crippen LogP contribution in [0.4, 0.5) is 0 Å². The van der Waals surface area contributed by atoms with Crippen LogP contribution < -0.4 is 0 Å². The van der Waals surface area contributed by atoms with Crippen LogP contribution in [0, 0.1) is 0 Å². The third-order valence-corrected chi connectivity index (χ3v) is 4.28. The minimum absolute atomic E-state index is 0.337. The second-order valence-corrected chi connectivity index (χ2v) is 5.72. The average molecular weight is 291 g/mol. The first-order valence-corrected chi connectivity index (χ1v) is 7.14. The fourth-order valence-electron chi connectivity index (χ4n) is 2.95. The molecule has 2 fully saturated rings. The quantitative estimate of drug-likeness (QED) is 0.731.